The van der Waals surface area contributed by atoms with Gasteiger partial charge in [-0.3, -0.25) is 0 Å². The van der Waals surface area contributed by atoms with Crippen molar-refractivity contribution >= 4 is 11.6 Å². The van der Waals surface area contributed by atoms with Crippen molar-refractivity contribution in [2.24, 2.45) is 0 Å². The Kier molecular flexibility index (Phi) is 6.05. The van der Waals surface area contributed by atoms with E-state index in [2.05, 4.69) is 5.32 Å². The fourth-order valence-corrected chi connectivity index (χ4v) is 2.50. The number of benzene rings is 2. The first-order chi connectivity index (χ1) is 10.2. The number of aliphatic hydroxyl groups excluding tert-OH is 1. The lowest BCUT2D eigenvalue weighted by molar-refractivity contribution is -0.661. The number of rotatable bonds is 7. The first kappa shape index (κ1) is 15.8. The lowest BCUT2D eigenvalue weighted by atomic mass is 10.1. The van der Waals surface area contributed by atoms with Crippen molar-refractivity contribution in [2.75, 3.05) is 20.2 Å². The third kappa shape index (κ3) is 4.74. The summed E-state index contributed by atoms with van der Waals surface area (Å²) in [4.78, 5) is 0. The van der Waals surface area contributed by atoms with E-state index in [0.29, 0.717) is 17.3 Å². The Bertz CT molecular complexity index is 560. The van der Waals surface area contributed by atoms with Crippen molar-refractivity contribution in [3.05, 3.63) is 64.7 Å². The summed E-state index contributed by atoms with van der Waals surface area (Å²) in [6.07, 6.45) is 0.483. The molecule has 3 N–H and O–H groups in total. The van der Waals surface area contributed by atoms with Gasteiger partial charge in [0.1, 0.15) is 18.4 Å². The van der Waals surface area contributed by atoms with Gasteiger partial charge < -0.3 is 15.2 Å². The molecule has 0 aromatic heterocycles. The summed E-state index contributed by atoms with van der Waals surface area (Å²) in [5, 5.41) is 12.8. The number of halogens is 1. The lowest BCUT2D eigenvalue weighted by Gasteiger charge is -2.10. The van der Waals surface area contributed by atoms with Crippen molar-refractivity contribution in [1.29, 1.82) is 0 Å². The monoisotopic (exact) mass is 306 g/mol. The Morgan fingerprint density at radius 3 is 2.62 bits per heavy atom. The van der Waals surface area contributed by atoms with Crippen LogP contribution in [-0.4, -0.2) is 25.3 Å². The van der Waals surface area contributed by atoms with E-state index in [9.17, 15) is 5.11 Å². The van der Waals surface area contributed by atoms with E-state index >= 15 is 0 Å². The highest BCUT2D eigenvalue weighted by molar-refractivity contribution is 6.32. The second-order valence-corrected chi connectivity index (χ2v) is 5.37. The fourth-order valence-electron chi connectivity index (χ4n) is 2.22. The molecule has 2 rings (SSSR count). The maximum Gasteiger partial charge on any atom is 0.137 e. The number of hydrogen-bond acceptors (Lipinski definition) is 2. The number of hydrogen-bond donors (Lipinski definition) is 2. The molecular formula is C17H21ClNO2+. The molecule has 2 aromatic carbocycles. The first-order valence-electron chi connectivity index (χ1n) is 7.08. The molecule has 0 saturated heterocycles. The van der Waals surface area contributed by atoms with Crippen LogP contribution >= 0.6 is 11.6 Å². The molecule has 112 valence electrons. The van der Waals surface area contributed by atoms with Gasteiger partial charge in [0, 0.05) is 6.42 Å². The molecule has 2 aromatic rings. The second kappa shape index (κ2) is 8.03. The van der Waals surface area contributed by atoms with Crippen molar-refractivity contribution in [1.82, 2.24) is 0 Å². The topological polar surface area (TPSA) is 46.1 Å². The molecule has 0 fully saturated rings. The van der Waals surface area contributed by atoms with Crippen LogP contribution in [0.15, 0.2) is 48.5 Å². The molecular weight excluding hydrogens is 286 g/mol. The Hall–Kier alpha value is -1.55. The fraction of sp³-hybridized carbons (Fsp3) is 0.294. The third-order valence-electron chi connectivity index (χ3n) is 3.43. The Labute approximate surface area is 130 Å². The summed E-state index contributed by atoms with van der Waals surface area (Å²) in [6.45, 7) is 1.57. The highest BCUT2D eigenvalue weighted by Crippen LogP contribution is 2.24. The molecule has 0 aliphatic heterocycles. The lowest BCUT2D eigenvalue weighted by Crippen LogP contribution is -2.85. The summed E-state index contributed by atoms with van der Waals surface area (Å²) in [6, 6.07) is 15.6. The number of quaternary nitrogens is 1. The van der Waals surface area contributed by atoms with E-state index in [1.807, 2.05) is 48.5 Å². The van der Waals surface area contributed by atoms with Crippen LogP contribution in [-0.2, 0) is 6.42 Å². The highest BCUT2D eigenvalue weighted by Gasteiger charge is 2.08. The molecule has 0 bridgehead atoms. The SMILES string of the molecule is COc1ccc(CC[NH2+]C[C@H](O)c2ccccc2)cc1Cl. The van der Waals surface area contributed by atoms with E-state index < -0.39 is 6.10 Å². The third-order valence-corrected chi connectivity index (χ3v) is 3.72. The van der Waals surface area contributed by atoms with E-state index in [4.69, 9.17) is 16.3 Å². The number of nitrogens with two attached hydrogens (primary N) is 1. The molecule has 0 heterocycles. The van der Waals surface area contributed by atoms with Crippen LogP contribution in [0.5, 0.6) is 5.75 Å². The standard InChI is InChI=1S/C17H20ClNO2/c1-21-17-8-7-13(11-15(17)18)9-10-19-12-16(20)14-5-3-2-4-6-14/h2-8,11,16,19-20H,9-10,12H2,1H3/p+1/t16-/m0/s1. The minimum absolute atomic E-state index is 0.425. The quantitative estimate of drug-likeness (QED) is 0.770. The van der Waals surface area contributed by atoms with E-state index in [0.717, 1.165) is 18.5 Å². The molecule has 0 aliphatic rings. The average Bonchev–Trinajstić information content (AvgIpc) is 2.52. The normalized spacial score (nSPS) is 12.1. The first-order valence-corrected chi connectivity index (χ1v) is 7.45. The van der Waals surface area contributed by atoms with Gasteiger partial charge in [0.05, 0.1) is 18.7 Å². The van der Waals surface area contributed by atoms with Crippen LogP contribution < -0.4 is 10.1 Å². The summed E-state index contributed by atoms with van der Waals surface area (Å²) in [7, 11) is 1.61. The molecule has 0 spiro atoms. The largest absolute Gasteiger partial charge is 0.495 e. The van der Waals surface area contributed by atoms with Crippen LogP contribution in [0.4, 0.5) is 0 Å². The van der Waals surface area contributed by atoms with Gasteiger partial charge in [-0.2, -0.15) is 0 Å². The molecule has 0 aliphatic carbocycles. The molecule has 0 saturated carbocycles. The van der Waals surface area contributed by atoms with Crippen LogP contribution in [0.25, 0.3) is 0 Å². The van der Waals surface area contributed by atoms with Crippen LogP contribution in [0.3, 0.4) is 0 Å². The van der Waals surface area contributed by atoms with Gasteiger partial charge in [-0.25, -0.2) is 0 Å². The minimum atomic E-state index is -0.425. The second-order valence-electron chi connectivity index (χ2n) is 4.96. The zero-order valence-corrected chi connectivity index (χ0v) is 12.9. The Morgan fingerprint density at radius 1 is 1.19 bits per heavy atom. The summed E-state index contributed by atoms with van der Waals surface area (Å²) in [5.74, 6) is 0.698. The van der Waals surface area contributed by atoms with E-state index in [-0.39, 0.29) is 0 Å². The minimum Gasteiger partial charge on any atom is -0.495 e. The van der Waals surface area contributed by atoms with Crippen LogP contribution in [0, 0.1) is 0 Å². The Morgan fingerprint density at radius 2 is 1.95 bits per heavy atom. The molecule has 0 radical (unpaired) electrons. The van der Waals surface area contributed by atoms with Crippen molar-refractivity contribution in [3.63, 3.8) is 0 Å². The predicted octanol–water partition coefficient (Wildman–Crippen LogP) is 2.19. The van der Waals surface area contributed by atoms with Gasteiger partial charge in [-0.05, 0) is 23.3 Å². The number of aliphatic hydroxyl groups is 1. The Balaban J connectivity index is 1.76. The van der Waals surface area contributed by atoms with E-state index in [1.54, 1.807) is 7.11 Å². The summed E-state index contributed by atoms with van der Waals surface area (Å²) >= 11 is 6.10. The number of ether oxygens (including phenoxy) is 1. The molecule has 0 unspecified atom stereocenters. The molecule has 21 heavy (non-hydrogen) atoms. The van der Waals surface area contributed by atoms with Crippen molar-refractivity contribution in [3.8, 4) is 5.75 Å². The zero-order chi connectivity index (χ0) is 15.1. The summed E-state index contributed by atoms with van der Waals surface area (Å²) < 4.78 is 5.13. The van der Waals surface area contributed by atoms with E-state index in [1.165, 1.54) is 5.56 Å². The zero-order valence-electron chi connectivity index (χ0n) is 12.1. The average molecular weight is 307 g/mol. The molecule has 0 amide bonds. The van der Waals surface area contributed by atoms with Gasteiger partial charge in [0.15, 0.2) is 0 Å². The molecule has 4 heteroatoms. The highest BCUT2D eigenvalue weighted by atomic mass is 35.5. The van der Waals surface area contributed by atoms with Crippen LogP contribution in [0.2, 0.25) is 5.02 Å². The van der Waals surface area contributed by atoms with Gasteiger partial charge in [-0.15, -0.1) is 0 Å². The maximum absolute atomic E-state index is 10.1. The molecule has 1 atom stereocenters. The predicted molar refractivity (Wildman–Crippen MR) is 84.8 cm³/mol. The van der Waals surface area contributed by atoms with Gasteiger partial charge in [-0.1, -0.05) is 48.0 Å². The molecule has 3 nitrogen and oxygen atoms in total. The van der Waals surface area contributed by atoms with Crippen molar-refractivity contribution < 1.29 is 15.2 Å². The number of methoxy groups -OCH3 is 1. The van der Waals surface area contributed by atoms with Gasteiger partial charge in [0.2, 0.25) is 0 Å². The van der Waals surface area contributed by atoms with Gasteiger partial charge >= 0.3 is 0 Å². The smallest absolute Gasteiger partial charge is 0.137 e. The van der Waals surface area contributed by atoms with Crippen LogP contribution in [0.1, 0.15) is 17.2 Å². The maximum atomic E-state index is 10.1. The summed E-state index contributed by atoms with van der Waals surface area (Å²) in [5.41, 5.74) is 2.13. The van der Waals surface area contributed by atoms with Crippen molar-refractivity contribution in [2.45, 2.75) is 12.5 Å². The van der Waals surface area contributed by atoms with Gasteiger partial charge in [0.25, 0.3) is 0 Å².